The van der Waals surface area contributed by atoms with Crippen LogP contribution < -0.4 is 4.74 Å². The van der Waals surface area contributed by atoms with E-state index < -0.39 is 0 Å². The molecule has 0 spiro atoms. The van der Waals surface area contributed by atoms with E-state index in [0.717, 1.165) is 42.2 Å². The van der Waals surface area contributed by atoms with E-state index in [1.54, 1.807) is 23.1 Å². The fourth-order valence-corrected chi connectivity index (χ4v) is 3.98. The minimum Gasteiger partial charge on any atom is -0.481 e. The Morgan fingerprint density at radius 2 is 2.35 bits per heavy atom. The Morgan fingerprint density at radius 1 is 1.52 bits per heavy atom. The van der Waals surface area contributed by atoms with Crippen molar-refractivity contribution in [3.8, 4) is 5.88 Å². The first kappa shape index (κ1) is 16.0. The Hall–Kier alpha value is -1.89. The standard InChI is InChI=1S/C16H22N4O2S/c1-11-15(16(22-3)19(2)18-11)13-5-4-8-20(13)14(21)7-6-12-9-23-10-17-12/h9-10,13H,4-8H2,1-3H3/t13-/m1/s1. The maximum atomic E-state index is 12.7. The molecule has 124 valence electrons. The summed E-state index contributed by atoms with van der Waals surface area (Å²) in [6, 6.07) is 0.0709. The summed E-state index contributed by atoms with van der Waals surface area (Å²) in [4.78, 5) is 18.9. The van der Waals surface area contributed by atoms with E-state index in [-0.39, 0.29) is 11.9 Å². The highest BCUT2D eigenvalue weighted by atomic mass is 32.1. The van der Waals surface area contributed by atoms with Gasteiger partial charge in [-0.3, -0.25) is 4.79 Å². The van der Waals surface area contributed by atoms with Gasteiger partial charge >= 0.3 is 0 Å². The third-order valence-corrected chi connectivity index (χ3v) is 5.03. The first-order chi connectivity index (χ1) is 11.1. The van der Waals surface area contributed by atoms with Crippen molar-refractivity contribution in [2.45, 2.75) is 38.6 Å². The third-order valence-electron chi connectivity index (χ3n) is 4.39. The average molecular weight is 334 g/mol. The summed E-state index contributed by atoms with van der Waals surface area (Å²) in [6.07, 6.45) is 3.19. The molecule has 1 amide bonds. The monoisotopic (exact) mass is 334 g/mol. The number of methoxy groups -OCH3 is 1. The van der Waals surface area contributed by atoms with Gasteiger partial charge in [0.1, 0.15) is 0 Å². The van der Waals surface area contributed by atoms with Crippen LogP contribution in [0.2, 0.25) is 0 Å². The fourth-order valence-electron chi connectivity index (χ4n) is 3.38. The van der Waals surface area contributed by atoms with E-state index in [4.69, 9.17) is 4.74 Å². The molecular formula is C16H22N4O2S. The Kier molecular flexibility index (Phi) is 4.66. The van der Waals surface area contributed by atoms with E-state index in [0.29, 0.717) is 12.8 Å². The van der Waals surface area contributed by atoms with E-state index in [1.165, 1.54) is 0 Å². The molecule has 0 bridgehead atoms. The minimum atomic E-state index is 0.0709. The lowest BCUT2D eigenvalue weighted by Crippen LogP contribution is -2.31. The number of carbonyl (C=O) groups is 1. The molecule has 1 aliphatic rings. The quantitative estimate of drug-likeness (QED) is 0.843. The molecule has 0 N–H and O–H groups in total. The zero-order chi connectivity index (χ0) is 16.4. The maximum absolute atomic E-state index is 12.7. The van der Waals surface area contributed by atoms with Crippen LogP contribution in [0.4, 0.5) is 0 Å². The lowest BCUT2D eigenvalue weighted by Gasteiger charge is -2.25. The van der Waals surface area contributed by atoms with Gasteiger partial charge in [-0.05, 0) is 26.2 Å². The molecule has 0 saturated carbocycles. The molecule has 3 heterocycles. The number of hydrogen-bond donors (Lipinski definition) is 0. The third kappa shape index (κ3) is 3.10. The molecule has 1 saturated heterocycles. The number of likely N-dealkylation sites (tertiary alicyclic amines) is 1. The second-order valence-corrected chi connectivity index (χ2v) is 6.58. The molecule has 3 rings (SSSR count). The second-order valence-electron chi connectivity index (χ2n) is 5.86. The van der Waals surface area contributed by atoms with Gasteiger partial charge in [-0.1, -0.05) is 0 Å². The number of rotatable bonds is 5. The Morgan fingerprint density at radius 3 is 3.04 bits per heavy atom. The summed E-state index contributed by atoms with van der Waals surface area (Å²) >= 11 is 1.57. The second kappa shape index (κ2) is 6.70. The Labute approximate surface area is 140 Å². The molecule has 2 aromatic rings. The topological polar surface area (TPSA) is 60.2 Å². The molecule has 23 heavy (non-hydrogen) atoms. The summed E-state index contributed by atoms with van der Waals surface area (Å²) in [5.41, 5.74) is 4.79. The summed E-state index contributed by atoms with van der Waals surface area (Å²) in [6.45, 7) is 2.78. The highest BCUT2D eigenvalue weighted by molar-refractivity contribution is 7.07. The Bertz CT molecular complexity index is 681. The number of carbonyl (C=O) groups excluding carboxylic acids is 1. The fraction of sp³-hybridized carbons (Fsp3) is 0.562. The van der Waals surface area contributed by atoms with Crippen LogP contribution in [0.5, 0.6) is 5.88 Å². The first-order valence-electron chi connectivity index (χ1n) is 7.85. The van der Waals surface area contributed by atoms with Crippen molar-refractivity contribution in [3.05, 3.63) is 27.8 Å². The maximum Gasteiger partial charge on any atom is 0.223 e. The minimum absolute atomic E-state index is 0.0709. The van der Waals surface area contributed by atoms with Gasteiger partial charge in [-0.15, -0.1) is 11.3 Å². The number of nitrogens with zero attached hydrogens (tertiary/aromatic N) is 4. The number of thiazole rings is 1. The van der Waals surface area contributed by atoms with Gasteiger partial charge in [-0.25, -0.2) is 9.67 Å². The van der Waals surface area contributed by atoms with Gasteiger partial charge in [-0.2, -0.15) is 5.10 Å². The zero-order valence-electron chi connectivity index (χ0n) is 13.8. The molecule has 6 nitrogen and oxygen atoms in total. The predicted molar refractivity (Wildman–Crippen MR) is 88.6 cm³/mol. The van der Waals surface area contributed by atoms with Crippen molar-refractivity contribution >= 4 is 17.2 Å². The molecule has 1 fully saturated rings. The van der Waals surface area contributed by atoms with Crippen molar-refractivity contribution in [3.63, 3.8) is 0 Å². The van der Waals surface area contributed by atoms with Crippen LogP contribution >= 0.6 is 11.3 Å². The molecule has 7 heteroatoms. The van der Waals surface area contributed by atoms with E-state index in [2.05, 4.69) is 10.1 Å². The Balaban J connectivity index is 1.76. The summed E-state index contributed by atoms with van der Waals surface area (Å²) in [5.74, 6) is 0.942. The van der Waals surface area contributed by atoms with Crippen molar-refractivity contribution in [2.75, 3.05) is 13.7 Å². The smallest absolute Gasteiger partial charge is 0.223 e. The normalized spacial score (nSPS) is 17.7. The van der Waals surface area contributed by atoms with E-state index in [9.17, 15) is 4.79 Å². The summed E-state index contributed by atoms with van der Waals surface area (Å²) < 4.78 is 7.26. The summed E-state index contributed by atoms with van der Waals surface area (Å²) in [5, 5.41) is 6.45. The van der Waals surface area contributed by atoms with Crippen LogP contribution in [0.3, 0.4) is 0 Å². The van der Waals surface area contributed by atoms with Gasteiger partial charge in [0.15, 0.2) is 0 Å². The van der Waals surface area contributed by atoms with Gasteiger partial charge in [0.2, 0.25) is 11.8 Å². The van der Waals surface area contributed by atoms with Crippen molar-refractivity contribution in [1.29, 1.82) is 0 Å². The molecule has 0 unspecified atom stereocenters. The molecule has 2 aromatic heterocycles. The summed E-state index contributed by atoms with van der Waals surface area (Å²) in [7, 11) is 3.53. The predicted octanol–water partition coefficient (Wildman–Crippen LogP) is 2.49. The lowest BCUT2D eigenvalue weighted by atomic mass is 10.0. The SMILES string of the molecule is COc1c([C@H]2CCCN2C(=O)CCc2cscn2)c(C)nn1C. The van der Waals surface area contributed by atoms with Crippen LogP contribution in [0, 0.1) is 6.92 Å². The largest absolute Gasteiger partial charge is 0.481 e. The molecular weight excluding hydrogens is 312 g/mol. The van der Waals surface area contributed by atoms with E-state index in [1.807, 2.05) is 29.8 Å². The lowest BCUT2D eigenvalue weighted by molar-refractivity contribution is -0.132. The van der Waals surface area contributed by atoms with Crippen LogP contribution in [0.25, 0.3) is 0 Å². The van der Waals surface area contributed by atoms with Gasteiger partial charge < -0.3 is 9.64 Å². The number of amides is 1. The molecule has 0 aliphatic carbocycles. The number of aromatic nitrogens is 3. The van der Waals surface area contributed by atoms with Crippen LogP contribution in [-0.4, -0.2) is 39.2 Å². The number of aryl methyl sites for hydroxylation is 3. The number of ether oxygens (including phenoxy) is 1. The van der Waals surface area contributed by atoms with Crippen molar-refractivity contribution < 1.29 is 9.53 Å². The molecule has 1 aliphatic heterocycles. The van der Waals surface area contributed by atoms with Crippen molar-refractivity contribution in [2.24, 2.45) is 7.05 Å². The zero-order valence-corrected chi connectivity index (χ0v) is 14.6. The highest BCUT2D eigenvalue weighted by Crippen LogP contribution is 2.39. The van der Waals surface area contributed by atoms with Gasteiger partial charge in [0.05, 0.1) is 35.6 Å². The number of hydrogen-bond acceptors (Lipinski definition) is 5. The van der Waals surface area contributed by atoms with Gasteiger partial charge in [0.25, 0.3) is 0 Å². The van der Waals surface area contributed by atoms with Gasteiger partial charge in [0, 0.05) is 25.4 Å². The molecule has 0 aromatic carbocycles. The van der Waals surface area contributed by atoms with Crippen LogP contribution in [0.1, 0.15) is 42.3 Å². The van der Waals surface area contributed by atoms with Crippen molar-refractivity contribution in [1.82, 2.24) is 19.7 Å². The first-order valence-corrected chi connectivity index (χ1v) is 8.80. The molecule has 0 radical (unpaired) electrons. The van der Waals surface area contributed by atoms with Crippen LogP contribution in [0.15, 0.2) is 10.9 Å². The highest BCUT2D eigenvalue weighted by Gasteiger charge is 2.34. The van der Waals surface area contributed by atoms with Crippen LogP contribution in [-0.2, 0) is 18.3 Å². The van der Waals surface area contributed by atoms with E-state index >= 15 is 0 Å². The molecule has 1 atom stereocenters. The average Bonchev–Trinajstić information content (AvgIpc) is 3.24.